The van der Waals surface area contributed by atoms with Crippen molar-refractivity contribution in [1.82, 2.24) is 4.90 Å². The number of hydrogen-bond donors (Lipinski definition) is 0. The van der Waals surface area contributed by atoms with Crippen molar-refractivity contribution in [3.05, 3.63) is 0 Å². The highest BCUT2D eigenvalue weighted by Crippen LogP contribution is 2.17. The molecule has 0 aliphatic carbocycles. The van der Waals surface area contributed by atoms with Gasteiger partial charge in [0.15, 0.2) is 0 Å². The average Bonchev–Trinajstić information content (AvgIpc) is 3.13. The van der Waals surface area contributed by atoms with Crippen molar-refractivity contribution in [2.24, 2.45) is 0 Å². The van der Waals surface area contributed by atoms with Crippen LogP contribution < -0.4 is 0 Å². The van der Waals surface area contributed by atoms with Crippen molar-refractivity contribution in [2.45, 2.75) is 180 Å². The van der Waals surface area contributed by atoms with Crippen LogP contribution in [0.4, 0.5) is 0 Å². The van der Waals surface area contributed by atoms with Gasteiger partial charge in [0.1, 0.15) is 0 Å². The first-order valence-corrected chi connectivity index (χ1v) is 16.8. The highest BCUT2D eigenvalue weighted by Gasteiger charge is 2.27. The van der Waals surface area contributed by atoms with Gasteiger partial charge in [0.05, 0.1) is 26.2 Å². The number of rotatable bonds is 23. The number of unbranched alkanes of at least 4 members (excludes halogenated alkanes) is 21. The second kappa shape index (κ2) is 22.7. The van der Waals surface area contributed by atoms with Crippen molar-refractivity contribution in [1.29, 1.82) is 0 Å². The molecular formula is C33H65N2+. The lowest BCUT2D eigenvalue weighted by molar-refractivity contribution is -0.539. The molecule has 0 saturated carbocycles. The Morgan fingerprint density at radius 1 is 0.486 bits per heavy atom. The molecule has 0 fully saturated rings. The van der Waals surface area contributed by atoms with Crippen molar-refractivity contribution in [3.8, 4) is 0 Å². The van der Waals surface area contributed by atoms with Crippen LogP contribution in [-0.4, -0.2) is 41.5 Å². The summed E-state index contributed by atoms with van der Waals surface area (Å²) in [5, 5.41) is 0. The third-order valence-corrected chi connectivity index (χ3v) is 8.70. The SMILES string of the molecule is CCCCCCCCCCCCCCCCCCCCCCCCN1CCC[N+]2=C1CCCCC2. The molecule has 2 nitrogen and oxygen atoms in total. The summed E-state index contributed by atoms with van der Waals surface area (Å²) in [6.45, 7) is 7.61. The van der Waals surface area contributed by atoms with Crippen molar-refractivity contribution >= 4 is 5.84 Å². The minimum absolute atomic E-state index is 1.32. The zero-order chi connectivity index (χ0) is 24.7. The first-order valence-electron chi connectivity index (χ1n) is 16.8. The predicted octanol–water partition coefficient (Wildman–Crippen LogP) is 10.3. The highest BCUT2D eigenvalue weighted by molar-refractivity contribution is 5.77. The zero-order valence-corrected chi connectivity index (χ0v) is 24.3. The van der Waals surface area contributed by atoms with Gasteiger partial charge >= 0.3 is 0 Å². The summed E-state index contributed by atoms with van der Waals surface area (Å²) in [5.41, 5.74) is 0. The van der Waals surface area contributed by atoms with E-state index >= 15 is 0 Å². The van der Waals surface area contributed by atoms with E-state index in [2.05, 4.69) is 16.4 Å². The predicted molar refractivity (Wildman–Crippen MR) is 157 cm³/mol. The lowest BCUT2D eigenvalue weighted by Gasteiger charge is -2.26. The normalized spacial score (nSPS) is 16.5. The molecule has 0 radical (unpaired) electrons. The van der Waals surface area contributed by atoms with Gasteiger partial charge in [-0.15, -0.1) is 0 Å². The topological polar surface area (TPSA) is 6.25 Å². The quantitative estimate of drug-likeness (QED) is 0.102. The van der Waals surface area contributed by atoms with Gasteiger partial charge in [-0.2, -0.15) is 0 Å². The van der Waals surface area contributed by atoms with E-state index in [0.717, 1.165) is 0 Å². The Bertz CT molecular complexity index is 497. The van der Waals surface area contributed by atoms with Gasteiger partial charge in [0.2, 0.25) is 5.84 Å². The van der Waals surface area contributed by atoms with Crippen molar-refractivity contribution < 1.29 is 4.58 Å². The Morgan fingerprint density at radius 2 is 0.914 bits per heavy atom. The van der Waals surface area contributed by atoms with Crippen LogP contribution in [0.2, 0.25) is 0 Å². The maximum atomic E-state index is 2.76. The summed E-state index contributed by atoms with van der Waals surface area (Å²) >= 11 is 0. The zero-order valence-electron chi connectivity index (χ0n) is 24.3. The van der Waals surface area contributed by atoms with E-state index in [0.29, 0.717) is 0 Å². The summed E-state index contributed by atoms with van der Waals surface area (Å²) in [6, 6.07) is 0. The maximum absolute atomic E-state index is 2.76. The Hall–Kier alpha value is -0.530. The monoisotopic (exact) mass is 490 g/mol. The van der Waals surface area contributed by atoms with Crippen LogP contribution >= 0.6 is 0 Å². The van der Waals surface area contributed by atoms with Gasteiger partial charge in [0, 0.05) is 12.8 Å². The molecule has 206 valence electrons. The molecule has 0 N–H and O–H groups in total. The fourth-order valence-corrected chi connectivity index (χ4v) is 6.38. The Labute approximate surface area is 221 Å². The molecule has 2 aliphatic heterocycles. The number of nitrogens with zero attached hydrogens (tertiary/aromatic N) is 2. The van der Waals surface area contributed by atoms with Crippen LogP contribution in [0.5, 0.6) is 0 Å². The lowest BCUT2D eigenvalue weighted by Crippen LogP contribution is -2.44. The second-order valence-corrected chi connectivity index (χ2v) is 12.0. The maximum Gasteiger partial charge on any atom is 0.246 e. The summed E-state index contributed by atoms with van der Waals surface area (Å²) in [4.78, 5) is 2.76. The molecule has 0 spiro atoms. The first kappa shape index (κ1) is 30.7. The fraction of sp³-hybridized carbons (Fsp3) is 0.970. The molecular weight excluding hydrogens is 424 g/mol. The summed E-state index contributed by atoms with van der Waals surface area (Å²) in [5.74, 6) is 1.71. The van der Waals surface area contributed by atoms with E-state index in [1.165, 1.54) is 200 Å². The third-order valence-electron chi connectivity index (χ3n) is 8.70. The van der Waals surface area contributed by atoms with Crippen LogP contribution in [0.15, 0.2) is 0 Å². The van der Waals surface area contributed by atoms with Gasteiger partial charge in [-0.1, -0.05) is 135 Å². The fourth-order valence-electron chi connectivity index (χ4n) is 6.38. The molecule has 2 aliphatic rings. The van der Waals surface area contributed by atoms with Crippen LogP contribution in [0, 0.1) is 0 Å². The molecule has 2 heteroatoms. The molecule has 0 aromatic rings. The Balaban J connectivity index is 1.26. The van der Waals surface area contributed by atoms with Gasteiger partial charge in [-0.25, -0.2) is 0 Å². The van der Waals surface area contributed by atoms with E-state index in [1.807, 2.05) is 0 Å². The summed E-state index contributed by atoms with van der Waals surface area (Å²) in [6.07, 6.45) is 39.4. The number of amidine groups is 1. The minimum Gasteiger partial charge on any atom is -0.266 e. The van der Waals surface area contributed by atoms with E-state index in [4.69, 9.17) is 0 Å². The van der Waals surface area contributed by atoms with Crippen molar-refractivity contribution in [3.63, 3.8) is 0 Å². The first-order chi connectivity index (χ1) is 17.4. The smallest absolute Gasteiger partial charge is 0.246 e. The van der Waals surface area contributed by atoms with Gasteiger partial charge in [-0.3, -0.25) is 9.48 Å². The lowest BCUT2D eigenvalue weighted by atomic mass is 10.0. The van der Waals surface area contributed by atoms with Crippen LogP contribution in [0.25, 0.3) is 0 Å². The van der Waals surface area contributed by atoms with Gasteiger partial charge in [0.25, 0.3) is 0 Å². The molecule has 2 rings (SSSR count). The molecule has 35 heavy (non-hydrogen) atoms. The molecule has 0 aromatic carbocycles. The molecule has 0 bridgehead atoms. The standard InChI is InChI=1S/C33H65N2/c1-2-3-4-5-6-7-8-9-10-11-12-13-14-15-16-17-18-19-20-21-22-25-29-34-31-27-32-35-30-26-23-24-28-33(34)35/h2-32H2,1H3/q+1. The summed E-state index contributed by atoms with van der Waals surface area (Å²) in [7, 11) is 0. The average molecular weight is 490 g/mol. The molecule has 0 unspecified atom stereocenters. The largest absolute Gasteiger partial charge is 0.266 e. The Morgan fingerprint density at radius 3 is 1.40 bits per heavy atom. The molecule has 0 saturated heterocycles. The molecule has 0 amide bonds. The van der Waals surface area contributed by atoms with E-state index in [9.17, 15) is 0 Å². The van der Waals surface area contributed by atoms with E-state index in [1.54, 1.807) is 5.84 Å². The molecule has 0 aromatic heterocycles. The van der Waals surface area contributed by atoms with E-state index < -0.39 is 0 Å². The van der Waals surface area contributed by atoms with Crippen molar-refractivity contribution in [2.75, 3.05) is 26.2 Å². The second-order valence-electron chi connectivity index (χ2n) is 12.0. The number of hydrogen-bond acceptors (Lipinski definition) is 1. The molecule has 0 atom stereocenters. The Kier molecular flexibility index (Phi) is 19.9. The van der Waals surface area contributed by atoms with Crippen LogP contribution in [0.3, 0.4) is 0 Å². The van der Waals surface area contributed by atoms with Gasteiger partial charge in [-0.05, 0) is 32.1 Å². The highest BCUT2D eigenvalue weighted by atomic mass is 15.3. The third kappa shape index (κ3) is 16.0. The molecule has 2 heterocycles. The van der Waals surface area contributed by atoms with Crippen LogP contribution in [0.1, 0.15) is 180 Å². The van der Waals surface area contributed by atoms with E-state index in [-0.39, 0.29) is 0 Å². The van der Waals surface area contributed by atoms with Crippen LogP contribution in [-0.2, 0) is 0 Å². The summed E-state index contributed by atoms with van der Waals surface area (Å²) < 4.78 is 2.72. The minimum atomic E-state index is 1.32. The van der Waals surface area contributed by atoms with Gasteiger partial charge < -0.3 is 0 Å².